The number of pyridine rings is 1. The summed E-state index contributed by atoms with van der Waals surface area (Å²) in [6.45, 7) is 5.78. The number of primary amides is 1. The molecule has 0 saturated heterocycles. The van der Waals surface area contributed by atoms with Crippen LogP contribution < -0.4 is 16.8 Å². The van der Waals surface area contributed by atoms with Crippen LogP contribution in [-0.4, -0.2) is 37.2 Å². The van der Waals surface area contributed by atoms with E-state index in [1.807, 2.05) is 19.9 Å². The fourth-order valence-corrected chi connectivity index (χ4v) is 1.70. The van der Waals surface area contributed by atoms with Crippen molar-refractivity contribution in [2.75, 3.05) is 31.6 Å². The second kappa shape index (κ2) is 6.93. The molecular formula is C12H20N4O2. The van der Waals surface area contributed by atoms with E-state index in [9.17, 15) is 4.79 Å². The maximum Gasteiger partial charge on any atom is 0.252 e. The van der Waals surface area contributed by atoms with E-state index < -0.39 is 5.91 Å². The van der Waals surface area contributed by atoms with Crippen LogP contribution in [-0.2, 0) is 4.74 Å². The van der Waals surface area contributed by atoms with Crippen LogP contribution in [0.25, 0.3) is 0 Å². The summed E-state index contributed by atoms with van der Waals surface area (Å²) in [6, 6.07) is 1.83. The van der Waals surface area contributed by atoms with Gasteiger partial charge in [0.2, 0.25) is 0 Å². The third-order valence-corrected chi connectivity index (χ3v) is 2.39. The maximum atomic E-state index is 11.4. The largest absolute Gasteiger partial charge is 0.378 e. The normalized spacial score (nSPS) is 10.4. The van der Waals surface area contributed by atoms with E-state index in [1.54, 1.807) is 0 Å². The molecule has 1 aromatic heterocycles. The first-order chi connectivity index (χ1) is 8.56. The first kappa shape index (κ1) is 14.4. The zero-order chi connectivity index (χ0) is 13.5. The molecule has 0 aliphatic carbocycles. The van der Waals surface area contributed by atoms with Gasteiger partial charge in [0, 0.05) is 18.8 Å². The van der Waals surface area contributed by atoms with Gasteiger partial charge in [-0.2, -0.15) is 0 Å². The standard InChI is InChI=1S/C12H20N4O2/c1-8-7-9(2)16-12(10(8)11(14)17)15-4-6-18-5-3-13/h7H,3-6,13H2,1-2H3,(H2,14,17)(H,15,16). The Labute approximate surface area is 107 Å². The van der Waals surface area contributed by atoms with Gasteiger partial charge in [-0.1, -0.05) is 0 Å². The Morgan fingerprint density at radius 2 is 2.17 bits per heavy atom. The molecule has 6 nitrogen and oxygen atoms in total. The number of anilines is 1. The van der Waals surface area contributed by atoms with Crippen molar-refractivity contribution < 1.29 is 9.53 Å². The Balaban J connectivity index is 2.71. The molecule has 0 aliphatic rings. The van der Waals surface area contributed by atoms with Crippen LogP contribution in [0.1, 0.15) is 21.6 Å². The van der Waals surface area contributed by atoms with Crippen molar-refractivity contribution in [1.82, 2.24) is 4.98 Å². The minimum Gasteiger partial charge on any atom is -0.378 e. The summed E-state index contributed by atoms with van der Waals surface area (Å²) < 4.78 is 5.23. The van der Waals surface area contributed by atoms with Crippen LogP contribution in [0.3, 0.4) is 0 Å². The first-order valence-corrected chi connectivity index (χ1v) is 5.86. The van der Waals surface area contributed by atoms with Gasteiger partial charge < -0.3 is 21.5 Å². The summed E-state index contributed by atoms with van der Waals surface area (Å²) in [5.41, 5.74) is 12.7. The average Bonchev–Trinajstić information content (AvgIpc) is 2.27. The van der Waals surface area contributed by atoms with Crippen LogP contribution in [0.15, 0.2) is 6.07 Å². The summed E-state index contributed by atoms with van der Waals surface area (Å²) in [5, 5.41) is 3.06. The van der Waals surface area contributed by atoms with Gasteiger partial charge in [0.1, 0.15) is 5.82 Å². The van der Waals surface area contributed by atoms with Gasteiger partial charge in [0.25, 0.3) is 5.91 Å². The van der Waals surface area contributed by atoms with Crippen LogP contribution in [0.5, 0.6) is 0 Å². The number of carbonyl (C=O) groups is 1. The number of ether oxygens (including phenoxy) is 1. The molecule has 5 N–H and O–H groups in total. The lowest BCUT2D eigenvalue weighted by molar-refractivity contribution is 0.1000. The quantitative estimate of drug-likeness (QED) is 0.601. The lowest BCUT2D eigenvalue weighted by Crippen LogP contribution is -2.20. The van der Waals surface area contributed by atoms with E-state index in [2.05, 4.69) is 10.3 Å². The van der Waals surface area contributed by atoms with Crippen molar-refractivity contribution >= 4 is 11.7 Å². The van der Waals surface area contributed by atoms with Gasteiger partial charge >= 0.3 is 0 Å². The molecule has 0 saturated carbocycles. The lowest BCUT2D eigenvalue weighted by Gasteiger charge is -2.12. The smallest absolute Gasteiger partial charge is 0.252 e. The van der Waals surface area contributed by atoms with Crippen LogP contribution >= 0.6 is 0 Å². The number of hydrogen-bond donors (Lipinski definition) is 3. The number of amides is 1. The number of rotatable bonds is 7. The summed E-state index contributed by atoms with van der Waals surface area (Å²) in [4.78, 5) is 15.7. The molecule has 1 amide bonds. The molecule has 1 heterocycles. The molecule has 100 valence electrons. The number of nitrogens with one attached hydrogen (secondary N) is 1. The maximum absolute atomic E-state index is 11.4. The second-order valence-corrected chi connectivity index (χ2v) is 4.00. The second-order valence-electron chi connectivity index (χ2n) is 4.00. The molecule has 6 heteroatoms. The van der Waals surface area contributed by atoms with E-state index in [-0.39, 0.29) is 0 Å². The van der Waals surface area contributed by atoms with Crippen molar-refractivity contribution in [2.24, 2.45) is 11.5 Å². The molecule has 0 aromatic carbocycles. The summed E-state index contributed by atoms with van der Waals surface area (Å²) in [6.07, 6.45) is 0. The fourth-order valence-electron chi connectivity index (χ4n) is 1.70. The van der Waals surface area contributed by atoms with Gasteiger partial charge in [0.05, 0.1) is 18.8 Å². The molecule has 1 rings (SSSR count). The zero-order valence-corrected chi connectivity index (χ0v) is 10.8. The number of nitrogens with zero attached hydrogens (tertiary/aromatic N) is 1. The minimum atomic E-state index is -0.481. The number of nitrogens with two attached hydrogens (primary N) is 2. The van der Waals surface area contributed by atoms with Gasteiger partial charge in [0.15, 0.2) is 0 Å². The molecular weight excluding hydrogens is 232 g/mol. The van der Waals surface area contributed by atoms with E-state index in [0.29, 0.717) is 37.7 Å². The monoisotopic (exact) mass is 252 g/mol. The zero-order valence-electron chi connectivity index (χ0n) is 10.8. The van der Waals surface area contributed by atoms with E-state index in [0.717, 1.165) is 11.3 Å². The van der Waals surface area contributed by atoms with Crippen LogP contribution in [0.2, 0.25) is 0 Å². The fraction of sp³-hybridized carbons (Fsp3) is 0.500. The highest BCUT2D eigenvalue weighted by Gasteiger charge is 2.13. The Kier molecular flexibility index (Phi) is 5.54. The molecule has 0 fully saturated rings. The topological polar surface area (TPSA) is 103 Å². The highest BCUT2D eigenvalue weighted by Crippen LogP contribution is 2.17. The first-order valence-electron chi connectivity index (χ1n) is 5.86. The highest BCUT2D eigenvalue weighted by atomic mass is 16.5. The average molecular weight is 252 g/mol. The summed E-state index contributed by atoms with van der Waals surface area (Å²) in [7, 11) is 0. The molecule has 0 atom stereocenters. The van der Waals surface area contributed by atoms with Crippen molar-refractivity contribution in [3.8, 4) is 0 Å². The van der Waals surface area contributed by atoms with E-state index in [1.165, 1.54) is 0 Å². The predicted molar refractivity (Wildman–Crippen MR) is 70.6 cm³/mol. The molecule has 0 spiro atoms. The number of carbonyl (C=O) groups excluding carboxylic acids is 1. The Morgan fingerprint density at radius 3 is 2.78 bits per heavy atom. The van der Waals surface area contributed by atoms with Crippen LogP contribution in [0.4, 0.5) is 5.82 Å². The van der Waals surface area contributed by atoms with E-state index >= 15 is 0 Å². The molecule has 0 aliphatic heterocycles. The van der Waals surface area contributed by atoms with Crippen molar-refractivity contribution in [2.45, 2.75) is 13.8 Å². The number of aryl methyl sites for hydroxylation is 2. The Morgan fingerprint density at radius 1 is 1.44 bits per heavy atom. The SMILES string of the molecule is Cc1cc(C)c(C(N)=O)c(NCCOCCN)n1. The molecule has 0 radical (unpaired) electrons. The van der Waals surface area contributed by atoms with E-state index in [4.69, 9.17) is 16.2 Å². The van der Waals surface area contributed by atoms with Gasteiger partial charge in [-0.25, -0.2) is 4.98 Å². The minimum absolute atomic E-state index is 0.430. The molecule has 0 unspecified atom stereocenters. The number of hydrogen-bond acceptors (Lipinski definition) is 5. The Hall–Kier alpha value is -1.66. The third kappa shape index (κ3) is 3.97. The third-order valence-electron chi connectivity index (χ3n) is 2.39. The van der Waals surface area contributed by atoms with Gasteiger partial charge in [-0.3, -0.25) is 4.79 Å². The predicted octanol–water partition coefficient (Wildman–Crippen LogP) is 0.185. The molecule has 1 aromatic rings. The summed E-state index contributed by atoms with van der Waals surface area (Å²) >= 11 is 0. The highest BCUT2D eigenvalue weighted by molar-refractivity contribution is 5.99. The van der Waals surface area contributed by atoms with Gasteiger partial charge in [-0.15, -0.1) is 0 Å². The van der Waals surface area contributed by atoms with Crippen molar-refractivity contribution in [3.05, 3.63) is 22.9 Å². The van der Waals surface area contributed by atoms with Crippen LogP contribution in [0, 0.1) is 13.8 Å². The van der Waals surface area contributed by atoms with Crippen molar-refractivity contribution in [3.63, 3.8) is 0 Å². The molecule has 0 bridgehead atoms. The number of aromatic nitrogens is 1. The molecule has 18 heavy (non-hydrogen) atoms. The summed E-state index contributed by atoms with van der Waals surface area (Å²) in [5.74, 6) is 0.0294. The lowest BCUT2D eigenvalue weighted by atomic mass is 10.1. The van der Waals surface area contributed by atoms with Crippen molar-refractivity contribution in [1.29, 1.82) is 0 Å². The van der Waals surface area contributed by atoms with Gasteiger partial charge in [-0.05, 0) is 25.5 Å². The Bertz CT molecular complexity index is 421.